The van der Waals surface area contributed by atoms with E-state index in [4.69, 9.17) is 4.98 Å². The van der Waals surface area contributed by atoms with Gasteiger partial charge in [-0.05, 0) is 30.9 Å². The third-order valence-electron chi connectivity index (χ3n) is 5.02. The molecule has 1 aliphatic heterocycles. The summed E-state index contributed by atoms with van der Waals surface area (Å²) in [5, 5.41) is 0. The maximum atomic E-state index is 12.4. The van der Waals surface area contributed by atoms with E-state index in [2.05, 4.69) is 14.5 Å². The van der Waals surface area contributed by atoms with Crippen LogP contribution in [0.1, 0.15) is 33.6 Å². The van der Waals surface area contributed by atoms with Crippen molar-refractivity contribution in [2.75, 3.05) is 31.6 Å². The standard InChI is InChI=1S/C19H29N5O/c1-19(2,3)17(25)22(4)13-14-8-11-24(12-9-14)18-21-15-7-6-10-20-16(15)23(18)5/h6-7,10,14H,8-9,11-13H2,1-5H3. The third kappa shape index (κ3) is 3.62. The molecule has 2 aromatic rings. The number of rotatable bonds is 3. The van der Waals surface area contributed by atoms with Crippen molar-refractivity contribution >= 4 is 23.0 Å². The summed E-state index contributed by atoms with van der Waals surface area (Å²) < 4.78 is 2.07. The SMILES string of the molecule is CN(CC1CCN(c2nc3cccnc3n2C)CC1)C(=O)C(C)(C)C. The van der Waals surface area contributed by atoms with Crippen molar-refractivity contribution in [3.05, 3.63) is 18.3 Å². The predicted molar refractivity (Wildman–Crippen MR) is 101 cm³/mol. The van der Waals surface area contributed by atoms with Crippen LogP contribution in [0.15, 0.2) is 18.3 Å². The molecule has 0 saturated carbocycles. The Balaban J connectivity index is 1.62. The van der Waals surface area contributed by atoms with E-state index >= 15 is 0 Å². The Hall–Kier alpha value is -2.11. The summed E-state index contributed by atoms with van der Waals surface area (Å²) in [7, 11) is 3.95. The topological polar surface area (TPSA) is 54.3 Å². The van der Waals surface area contributed by atoms with Gasteiger partial charge in [0, 0.05) is 45.3 Å². The minimum absolute atomic E-state index is 0.219. The number of piperidine rings is 1. The Labute approximate surface area is 149 Å². The lowest BCUT2D eigenvalue weighted by molar-refractivity contribution is -0.138. The van der Waals surface area contributed by atoms with Gasteiger partial charge in [-0.2, -0.15) is 0 Å². The lowest BCUT2D eigenvalue weighted by Gasteiger charge is -2.35. The van der Waals surface area contributed by atoms with Crippen LogP contribution in [0.25, 0.3) is 11.2 Å². The van der Waals surface area contributed by atoms with Crippen molar-refractivity contribution in [2.45, 2.75) is 33.6 Å². The van der Waals surface area contributed by atoms with Crippen LogP contribution < -0.4 is 4.90 Å². The first-order valence-corrected chi connectivity index (χ1v) is 9.05. The highest BCUT2D eigenvalue weighted by Gasteiger charge is 2.29. The van der Waals surface area contributed by atoms with Crippen LogP contribution in [0, 0.1) is 11.3 Å². The minimum Gasteiger partial charge on any atom is -0.345 e. The van der Waals surface area contributed by atoms with Gasteiger partial charge in [-0.1, -0.05) is 20.8 Å². The van der Waals surface area contributed by atoms with Gasteiger partial charge in [0.2, 0.25) is 11.9 Å². The van der Waals surface area contributed by atoms with Crippen molar-refractivity contribution in [1.29, 1.82) is 0 Å². The minimum atomic E-state index is -0.310. The molecule has 1 amide bonds. The van der Waals surface area contributed by atoms with E-state index in [0.29, 0.717) is 5.92 Å². The van der Waals surface area contributed by atoms with E-state index in [1.807, 2.05) is 58.1 Å². The number of hydrogen-bond acceptors (Lipinski definition) is 4. The Morgan fingerprint density at radius 3 is 2.60 bits per heavy atom. The fourth-order valence-electron chi connectivity index (χ4n) is 3.65. The summed E-state index contributed by atoms with van der Waals surface area (Å²) in [6.07, 6.45) is 3.97. The van der Waals surface area contributed by atoms with Gasteiger partial charge in [0.25, 0.3) is 0 Å². The number of amides is 1. The molecule has 2 aromatic heterocycles. The summed E-state index contributed by atoms with van der Waals surface area (Å²) in [5.74, 6) is 1.77. The van der Waals surface area contributed by atoms with Crippen LogP contribution >= 0.6 is 0 Å². The van der Waals surface area contributed by atoms with E-state index in [-0.39, 0.29) is 11.3 Å². The largest absolute Gasteiger partial charge is 0.345 e. The van der Waals surface area contributed by atoms with Gasteiger partial charge in [0.15, 0.2) is 5.65 Å². The maximum absolute atomic E-state index is 12.4. The molecule has 0 aromatic carbocycles. The van der Waals surface area contributed by atoms with Crippen LogP contribution in [0.4, 0.5) is 5.95 Å². The molecule has 1 saturated heterocycles. The Kier molecular flexibility index (Phi) is 4.71. The first-order chi connectivity index (χ1) is 11.8. The fraction of sp³-hybridized carbons (Fsp3) is 0.632. The van der Waals surface area contributed by atoms with E-state index in [1.165, 1.54) is 0 Å². The zero-order valence-corrected chi connectivity index (χ0v) is 16.0. The van der Waals surface area contributed by atoms with Crippen LogP contribution in [-0.4, -0.2) is 52.0 Å². The number of anilines is 1. The number of pyridine rings is 1. The molecule has 6 nitrogen and oxygen atoms in total. The molecule has 1 aliphatic rings. The number of nitrogens with zero attached hydrogens (tertiary/aromatic N) is 5. The molecule has 0 radical (unpaired) electrons. The lowest BCUT2D eigenvalue weighted by Crippen LogP contribution is -2.43. The zero-order valence-electron chi connectivity index (χ0n) is 16.0. The predicted octanol–water partition coefficient (Wildman–Crippen LogP) is 2.69. The molecule has 0 unspecified atom stereocenters. The van der Waals surface area contributed by atoms with Crippen molar-refractivity contribution < 1.29 is 4.79 Å². The van der Waals surface area contributed by atoms with E-state index < -0.39 is 0 Å². The summed E-state index contributed by atoms with van der Waals surface area (Å²) in [6.45, 7) is 8.73. The van der Waals surface area contributed by atoms with Crippen molar-refractivity contribution in [3.63, 3.8) is 0 Å². The first-order valence-electron chi connectivity index (χ1n) is 9.05. The number of aromatic nitrogens is 3. The molecule has 0 spiro atoms. The molecule has 0 atom stereocenters. The zero-order chi connectivity index (χ0) is 18.2. The second kappa shape index (κ2) is 6.65. The molecule has 136 valence electrons. The third-order valence-corrected chi connectivity index (χ3v) is 5.02. The lowest BCUT2D eigenvalue weighted by atomic mass is 9.92. The highest BCUT2D eigenvalue weighted by Crippen LogP contribution is 2.26. The van der Waals surface area contributed by atoms with Crippen molar-refractivity contribution in [3.8, 4) is 0 Å². The summed E-state index contributed by atoms with van der Waals surface area (Å²) in [5.41, 5.74) is 1.56. The van der Waals surface area contributed by atoms with Crippen LogP contribution in [-0.2, 0) is 11.8 Å². The fourth-order valence-corrected chi connectivity index (χ4v) is 3.65. The van der Waals surface area contributed by atoms with Crippen molar-refractivity contribution in [1.82, 2.24) is 19.4 Å². The van der Waals surface area contributed by atoms with Crippen molar-refractivity contribution in [2.24, 2.45) is 18.4 Å². The van der Waals surface area contributed by atoms with Crippen LogP contribution in [0.3, 0.4) is 0 Å². The van der Waals surface area contributed by atoms with E-state index in [1.54, 1.807) is 0 Å². The molecule has 3 heterocycles. The molecular weight excluding hydrogens is 314 g/mol. The van der Waals surface area contributed by atoms with Gasteiger partial charge < -0.3 is 9.80 Å². The molecule has 6 heteroatoms. The van der Waals surface area contributed by atoms with E-state index in [9.17, 15) is 4.79 Å². The Morgan fingerprint density at radius 1 is 1.32 bits per heavy atom. The molecule has 0 N–H and O–H groups in total. The first kappa shape index (κ1) is 17.7. The molecule has 3 rings (SSSR count). The van der Waals surface area contributed by atoms with Gasteiger partial charge in [-0.3, -0.25) is 9.36 Å². The number of aryl methyl sites for hydroxylation is 1. The van der Waals surface area contributed by atoms with Gasteiger partial charge >= 0.3 is 0 Å². The summed E-state index contributed by atoms with van der Waals surface area (Å²) in [6, 6.07) is 3.93. The van der Waals surface area contributed by atoms with Gasteiger partial charge in [-0.25, -0.2) is 9.97 Å². The number of imidazole rings is 1. The second-order valence-corrected chi connectivity index (χ2v) is 8.18. The summed E-state index contributed by atoms with van der Waals surface area (Å²) >= 11 is 0. The summed E-state index contributed by atoms with van der Waals surface area (Å²) in [4.78, 5) is 25.8. The Morgan fingerprint density at radius 2 is 2.00 bits per heavy atom. The normalized spacial score (nSPS) is 16.4. The Bertz CT molecular complexity index is 753. The monoisotopic (exact) mass is 343 g/mol. The quantitative estimate of drug-likeness (QED) is 0.860. The molecular formula is C19H29N5O. The van der Waals surface area contributed by atoms with E-state index in [0.717, 1.165) is 49.6 Å². The molecule has 1 fully saturated rings. The highest BCUT2D eigenvalue weighted by molar-refractivity contribution is 5.81. The average Bonchev–Trinajstić information content (AvgIpc) is 2.91. The van der Waals surface area contributed by atoms with Crippen LogP contribution in [0.5, 0.6) is 0 Å². The highest BCUT2D eigenvalue weighted by atomic mass is 16.2. The van der Waals surface area contributed by atoms with Crippen LogP contribution in [0.2, 0.25) is 0 Å². The van der Waals surface area contributed by atoms with Gasteiger partial charge in [-0.15, -0.1) is 0 Å². The number of carbonyl (C=O) groups excluding carboxylic acids is 1. The van der Waals surface area contributed by atoms with Gasteiger partial charge in [0.05, 0.1) is 0 Å². The number of carbonyl (C=O) groups is 1. The van der Waals surface area contributed by atoms with Gasteiger partial charge in [0.1, 0.15) is 5.52 Å². The molecule has 25 heavy (non-hydrogen) atoms. The molecule has 0 aliphatic carbocycles. The smallest absolute Gasteiger partial charge is 0.227 e. The average molecular weight is 343 g/mol. The maximum Gasteiger partial charge on any atom is 0.227 e. The number of fused-ring (bicyclic) bond motifs is 1. The number of hydrogen-bond donors (Lipinski definition) is 0. The molecule has 0 bridgehead atoms. The second-order valence-electron chi connectivity index (χ2n) is 8.18.